The molecule has 3 heterocycles. The van der Waals surface area contributed by atoms with E-state index in [9.17, 15) is 0 Å². The second kappa shape index (κ2) is 5.52. The second-order valence-electron chi connectivity index (χ2n) is 4.23. The number of nitrogens with one attached hydrogen (secondary N) is 3. The minimum absolute atomic E-state index is 0.577. The SMILES string of the molecule is CCNc1nc(NCc2ccccn2)c2cn[nH]c2n1. The molecule has 102 valence electrons. The van der Waals surface area contributed by atoms with Crippen molar-refractivity contribution < 1.29 is 0 Å². The molecule has 0 saturated heterocycles. The standard InChI is InChI=1S/C13H15N7/c1-2-14-13-18-11(10-8-17-20-12(10)19-13)16-7-9-5-3-4-6-15-9/h3-6,8H,2,7H2,1H3,(H3,14,16,17,18,19,20). The number of aromatic amines is 1. The maximum Gasteiger partial charge on any atom is 0.226 e. The molecule has 3 aromatic rings. The lowest BCUT2D eigenvalue weighted by Gasteiger charge is -2.08. The summed E-state index contributed by atoms with van der Waals surface area (Å²) in [5, 5.41) is 14.1. The van der Waals surface area contributed by atoms with Crippen LogP contribution in [0.3, 0.4) is 0 Å². The number of hydrogen-bond donors (Lipinski definition) is 3. The summed E-state index contributed by atoms with van der Waals surface area (Å²) in [5.41, 5.74) is 1.66. The first-order chi connectivity index (χ1) is 9.86. The molecule has 20 heavy (non-hydrogen) atoms. The molecule has 3 N–H and O–H groups in total. The molecule has 0 aliphatic heterocycles. The van der Waals surface area contributed by atoms with E-state index in [1.165, 1.54) is 0 Å². The third-order valence-corrected chi connectivity index (χ3v) is 2.81. The number of H-pyrrole nitrogens is 1. The lowest BCUT2D eigenvalue weighted by Crippen LogP contribution is -2.07. The molecule has 0 fully saturated rings. The fourth-order valence-electron chi connectivity index (χ4n) is 1.88. The first-order valence-corrected chi connectivity index (χ1v) is 6.45. The lowest BCUT2D eigenvalue weighted by molar-refractivity contribution is 1.02. The summed E-state index contributed by atoms with van der Waals surface area (Å²) < 4.78 is 0. The van der Waals surface area contributed by atoms with E-state index < -0.39 is 0 Å². The van der Waals surface area contributed by atoms with Gasteiger partial charge in [-0.05, 0) is 19.1 Å². The zero-order valence-electron chi connectivity index (χ0n) is 11.1. The van der Waals surface area contributed by atoms with Gasteiger partial charge in [0.15, 0.2) is 5.65 Å². The molecule has 0 spiro atoms. The normalized spacial score (nSPS) is 10.7. The Balaban J connectivity index is 1.87. The molecular formula is C13H15N7. The van der Waals surface area contributed by atoms with Crippen LogP contribution in [0.1, 0.15) is 12.6 Å². The second-order valence-corrected chi connectivity index (χ2v) is 4.23. The summed E-state index contributed by atoms with van der Waals surface area (Å²) >= 11 is 0. The van der Waals surface area contributed by atoms with Gasteiger partial charge < -0.3 is 10.6 Å². The molecule has 0 unspecified atom stereocenters. The van der Waals surface area contributed by atoms with Gasteiger partial charge in [0.25, 0.3) is 0 Å². The number of anilines is 2. The zero-order chi connectivity index (χ0) is 13.8. The van der Waals surface area contributed by atoms with Gasteiger partial charge >= 0.3 is 0 Å². The molecule has 0 aliphatic carbocycles. The van der Waals surface area contributed by atoms with Crippen molar-refractivity contribution in [2.24, 2.45) is 0 Å². The van der Waals surface area contributed by atoms with Gasteiger partial charge in [0.2, 0.25) is 5.95 Å². The van der Waals surface area contributed by atoms with Crippen molar-refractivity contribution in [3.63, 3.8) is 0 Å². The molecule has 0 aliphatic rings. The smallest absolute Gasteiger partial charge is 0.226 e. The highest BCUT2D eigenvalue weighted by Crippen LogP contribution is 2.20. The first kappa shape index (κ1) is 12.3. The number of pyridine rings is 1. The van der Waals surface area contributed by atoms with E-state index in [1.54, 1.807) is 12.4 Å². The number of hydrogen-bond acceptors (Lipinski definition) is 6. The Morgan fingerprint density at radius 2 is 2.15 bits per heavy atom. The maximum atomic E-state index is 4.46. The maximum absolute atomic E-state index is 4.46. The summed E-state index contributed by atoms with van der Waals surface area (Å²) in [7, 11) is 0. The van der Waals surface area contributed by atoms with Crippen LogP contribution in [0.25, 0.3) is 11.0 Å². The molecule has 7 nitrogen and oxygen atoms in total. The third kappa shape index (κ3) is 2.51. The van der Waals surface area contributed by atoms with Gasteiger partial charge in [0, 0.05) is 12.7 Å². The summed E-state index contributed by atoms with van der Waals surface area (Å²) in [6.45, 7) is 3.37. The Kier molecular flexibility index (Phi) is 3.40. The average molecular weight is 269 g/mol. The largest absolute Gasteiger partial charge is 0.364 e. The predicted molar refractivity (Wildman–Crippen MR) is 77.4 cm³/mol. The van der Waals surface area contributed by atoms with Crippen molar-refractivity contribution >= 4 is 22.8 Å². The highest BCUT2D eigenvalue weighted by Gasteiger charge is 2.09. The van der Waals surface area contributed by atoms with Gasteiger partial charge in [-0.2, -0.15) is 15.1 Å². The summed E-state index contributed by atoms with van der Waals surface area (Å²) in [6.07, 6.45) is 3.49. The average Bonchev–Trinajstić information content (AvgIpc) is 2.95. The molecule has 0 radical (unpaired) electrons. The number of rotatable bonds is 5. The van der Waals surface area contributed by atoms with E-state index in [-0.39, 0.29) is 0 Å². The molecule has 0 bridgehead atoms. The molecule has 7 heteroatoms. The Labute approximate surface area is 115 Å². The van der Waals surface area contributed by atoms with E-state index in [2.05, 4.69) is 35.8 Å². The van der Waals surface area contributed by atoms with Crippen LogP contribution >= 0.6 is 0 Å². The van der Waals surface area contributed by atoms with Crippen LogP contribution in [0.5, 0.6) is 0 Å². The Hall–Kier alpha value is -2.70. The minimum atomic E-state index is 0.577. The number of fused-ring (bicyclic) bond motifs is 1. The van der Waals surface area contributed by atoms with E-state index in [0.29, 0.717) is 18.1 Å². The molecule has 0 amide bonds. The highest BCUT2D eigenvalue weighted by atomic mass is 15.2. The van der Waals surface area contributed by atoms with E-state index >= 15 is 0 Å². The van der Waals surface area contributed by atoms with E-state index in [1.807, 2.05) is 25.1 Å². The van der Waals surface area contributed by atoms with Gasteiger partial charge in [-0.25, -0.2) is 0 Å². The lowest BCUT2D eigenvalue weighted by atomic mass is 10.3. The third-order valence-electron chi connectivity index (χ3n) is 2.81. The predicted octanol–water partition coefficient (Wildman–Crippen LogP) is 1.79. The van der Waals surface area contributed by atoms with Gasteiger partial charge in [0.05, 0.1) is 23.8 Å². The first-order valence-electron chi connectivity index (χ1n) is 6.45. The molecular weight excluding hydrogens is 254 g/mol. The molecule has 3 rings (SSSR count). The van der Waals surface area contributed by atoms with Gasteiger partial charge in [-0.15, -0.1) is 0 Å². The minimum Gasteiger partial charge on any atom is -0.364 e. The van der Waals surface area contributed by atoms with Crippen LogP contribution < -0.4 is 10.6 Å². The monoisotopic (exact) mass is 269 g/mol. The van der Waals surface area contributed by atoms with Crippen molar-refractivity contribution in [1.82, 2.24) is 25.1 Å². The van der Waals surface area contributed by atoms with Crippen molar-refractivity contribution in [3.05, 3.63) is 36.3 Å². The topological polar surface area (TPSA) is 91.4 Å². The van der Waals surface area contributed by atoms with Crippen molar-refractivity contribution in [3.8, 4) is 0 Å². The van der Waals surface area contributed by atoms with E-state index in [0.717, 1.165) is 23.4 Å². The molecule has 0 atom stereocenters. The molecule has 3 aromatic heterocycles. The fourth-order valence-corrected chi connectivity index (χ4v) is 1.88. The Morgan fingerprint density at radius 3 is 2.95 bits per heavy atom. The van der Waals surface area contributed by atoms with Crippen molar-refractivity contribution in [2.45, 2.75) is 13.5 Å². The van der Waals surface area contributed by atoms with Gasteiger partial charge in [-0.3, -0.25) is 10.1 Å². The number of nitrogens with zero attached hydrogens (tertiary/aromatic N) is 4. The van der Waals surface area contributed by atoms with Crippen molar-refractivity contribution in [2.75, 3.05) is 17.2 Å². The quantitative estimate of drug-likeness (QED) is 0.654. The Morgan fingerprint density at radius 1 is 1.20 bits per heavy atom. The fraction of sp³-hybridized carbons (Fsp3) is 0.231. The Bertz CT molecular complexity index is 692. The molecule has 0 aromatic carbocycles. The summed E-state index contributed by atoms with van der Waals surface area (Å²) in [5.74, 6) is 1.32. The molecule has 0 saturated carbocycles. The summed E-state index contributed by atoms with van der Waals surface area (Å²) in [6, 6.07) is 5.82. The number of aromatic nitrogens is 5. The van der Waals surface area contributed by atoms with Crippen LogP contribution in [0.15, 0.2) is 30.6 Å². The highest BCUT2D eigenvalue weighted by molar-refractivity contribution is 5.86. The van der Waals surface area contributed by atoms with Gasteiger partial charge in [-0.1, -0.05) is 6.07 Å². The van der Waals surface area contributed by atoms with Crippen molar-refractivity contribution in [1.29, 1.82) is 0 Å². The van der Waals surface area contributed by atoms with E-state index in [4.69, 9.17) is 0 Å². The van der Waals surface area contributed by atoms with Gasteiger partial charge in [0.1, 0.15) is 5.82 Å². The zero-order valence-corrected chi connectivity index (χ0v) is 11.1. The van der Waals surface area contributed by atoms with Crippen LogP contribution in [-0.4, -0.2) is 31.7 Å². The van der Waals surface area contributed by atoms with Crippen LogP contribution in [0, 0.1) is 0 Å². The van der Waals surface area contributed by atoms with Crippen LogP contribution in [-0.2, 0) is 6.54 Å². The van der Waals surface area contributed by atoms with Crippen LogP contribution in [0.2, 0.25) is 0 Å². The summed E-state index contributed by atoms with van der Waals surface area (Å²) in [4.78, 5) is 13.1. The van der Waals surface area contributed by atoms with Crippen LogP contribution in [0.4, 0.5) is 11.8 Å².